The maximum absolute atomic E-state index is 12.5. The van der Waals surface area contributed by atoms with Crippen LogP contribution in [-0.2, 0) is 15.9 Å². The van der Waals surface area contributed by atoms with Gasteiger partial charge in [-0.25, -0.2) is 4.79 Å². The lowest BCUT2D eigenvalue weighted by atomic mass is 9.82. The topological polar surface area (TPSA) is 72.7 Å². The number of hydrogen-bond donors (Lipinski definition) is 2. The molecule has 1 aromatic rings. The number of carbonyl (C=O) groups is 1. The normalized spacial score (nSPS) is 27.5. The van der Waals surface area contributed by atoms with E-state index in [4.69, 9.17) is 13.9 Å². The Morgan fingerprint density at radius 3 is 3.00 bits per heavy atom. The minimum absolute atomic E-state index is 0.163. The molecule has 1 saturated heterocycles. The van der Waals surface area contributed by atoms with Crippen molar-refractivity contribution in [3.05, 3.63) is 23.7 Å². The summed E-state index contributed by atoms with van der Waals surface area (Å²) in [6, 6.07) is 3.60. The van der Waals surface area contributed by atoms with Gasteiger partial charge in [0.05, 0.1) is 12.7 Å². The molecular weight excluding hydrogens is 308 g/mol. The van der Waals surface area contributed by atoms with Crippen molar-refractivity contribution >= 4 is 6.03 Å². The van der Waals surface area contributed by atoms with E-state index in [1.165, 1.54) is 0 Å². The average molecular weight is 336 g/mol. The lowest BCUT2D eigenvalue weighted by Crippen LogP contribution is -2.50. The Morgan fingerprint density at radius 1 is 1.38 bits per heavy atom. The number of nitrogens with one attached hydrogen (secondary N) is 2. The van der Waals surface area contributed by atoms with Crippen LogP contribution in [0.15, 0.2) is 16.5 Å². The van der Waals surface area contributed by atoms with Gasteiger partial charge >= 0.3 is 6.03 Å². The van der Waals surface area contributed by atoms with Crippen molar-refractivity contribution in [2.45, 2.75) is 57.2 Å². The summed E-state index contributed by atoms with van der Waals surface area (Å²) < 4.78 is 16.8. The van der Waals surface area contributed by atoms with E-state index >= 15 is 0 Å². The van der Waals surface area contributed by atoms with Gasteiger partial charge in [-0.3, -0.25) is 0 Å². The van der Waals surface area contributed by atoms with Crippen molar-refractivity contribution < 1.29 is 18.7 Å². The number of carbonyl (C=O) groups excluding carboxylic acids is 1. The molecule has 2 amide bonds. The smallest absolute Gasteiger partial charge is 0.315 e. The summed E-state index contributed by atoms with van der Waals surface area (Å²) in [7, 11) is 1.62. The SMILES string of the molecule is CCc1ccc(C(COC)NC(=O)NC2CCCC3OCCC23)o1. The van der Waals surface area contributed by atoms with Crippen LogP contribution < -0.4 is 10.6 Å². The Kier molecular flexibility index (Phi) is 5.79. The number of fused-ring (bicyclic) bond motifs is 1. The molecular formula is C18H28N2O4. The maximum Gasteiger partial charge on any atom is 0.315 e. The van der Waals surface area contributed by atoms with Crippen LogP contribution in [0.4, 0.5) is 4.79 Å². The van der Waals surface area contributed by atoms with Crippen molar-refractivity contribution in [2.75, 3.05) is 20.3 Å². The number of rotatable bonds is 6. The van der Waals surface area contributed by atoms with E-state index in [1.807, 2.05) is 19.1 Å². The zero-order valence-electron chi connectivity index (χ0n) is 14.5. The molecule has 1 aliphatic heterocycles. The summed E-state index contributed by atoms with van der Waals surface area (Å²) >= 11 is 0. The van der Waals surface area contributed by atoms with Gasteiger partial charge in [-0.05, 0) is 37.8 Å². The third-order valence-electron chi connectivity index (χ3n) is 5.11. The second-order valence-electron chi connectivity index (χ2n) is 6.68. The lowest BCUT2D eigenvalue weighted by Gasteiger charge is -2.33. The molecule has 0 aromatic carbocycles. The van der Waals surface area contributed by atoms with Crippen molar-refractivity contribution in [1.82, 2.24) is 10.6 Å². The van der Waals surface area contributed by atoms with Gasteiger partial charge in [-0.1, -0.05) is 6.92 Å². The van der Waals surface area contributed by atoms with Crippen LogP contribution in [0.25, 0.3) is 0 Å². The lowest BCUT2D eigenvalue weighted by molar-refractivity contribution is 0.0547. The van der Waals surface area contributed by atoms with Crippen LogP contribution in [0.2, 0.25) is 0 Å². The molecule has 3 rings (SSSR count). The van der Waals surface area contributed by atoms with E-state index < -0.39 is 0 Å². The molecule has 134 valence electrons. The van der Waals surface area contributed by atoms with Crippen LogP contribution in [0, 0.1) is 5.92 Å². The molecule has 0 radical (unpaired) electrons. The van der Waals surface area contributed by atoms with Gasteiger partial charge in [-0.2, -0.15) is 0 Å². The molecule has 2 N–H and O–H groups in total. The highest BCUT2D eigenvalue weighted by molar-refractivity contribution is 5.74. The van der Waals surface area contributed by atoms with E-state index in [-0.39, 0.29) is 18.1 Å². The standard InChI is InChI=1S/C18H28N2O4/c1-3-12-7-8-17(24-12)15(11-22-2)20-18(21)19-14-5-4-6-16-13(14)9-10-23-16/h7-8,13-16H,3-6,9-11H2,1-2H3,(H2,19,20,21). The molecule has 6 nitrogen and oxygen atoms in total. The molecule has 24 heavy (non-hydrogen) atoms. The van der Waals surface area contributed by atoms with E-state index in [2.05, 4.69) is 10.6 Å². The first-order chi connectivity index (χ1) is 11.7. The molecule has 2 aliphatic rings. The monoisotopic (exact) mass is 336 g/mol. The molecule has 1 aliphatic carbocycles. The summed E-state index contributed by atoms with van der Waals surface area (Å²) in [4.78, 5) is 12.5. The predicted octanol–water partition coefficient (Wildman–Crippen LogP) is 2.79. The fourth-order valence-electron chi connectivity index (χ4n) is 3.86. The summed E-state index contributed by atoms with van der Waals surface area (Å²) in [5, 5.41) is 6.13. The Morgan fingerprint density at radius 2 is 2.25 bits per heavy atom. The minimum Gasteiger partial charge on any atom is -0.464 e. The number of ether oxygens (including phenoxy) is 2. The zero-order chi connectivity index (χ0) is 16.9. The Balaban J connectivity index is 1.58. The van der Waals surface area contributed by atoms with Gasteiger partial charge in [0.25, 0.3) is 0 Å². The molecule has 0 spiro atoms. The highest BCUT2D eigenvalue weighted by atomic mass is 16.5. The third kappa shape index (κ3) is 3.92. The van der Waals surface area contributed by atoms with Crippen LogP contribution in [0.3, 0.4) is 0 Å². The van der Waals surface area contributed by atoms with E-state index in [0.717, 1.165) is 50.2 Å². The number of hydrogen-bond acceptors (Lipinski definition) is 4. The Bertz CT molecular complexity index is 545. The van der Waals surface area contributed by atoms with Crippen molar-refractivity contribution in [2.24, 2.45) is 5.92 Å². The zero-order valence-corrected chi connectivity index (χ0v) is 14.5. The number of amides is 2. The summed E-state index contributed by atoms with van der Waals surface area (Å²) in [6.45, 7) is 3.23. The predicted molar refractivity (Wildman–Crippen MR) is 89.9 cm³/mol. The molecule has 4 unspecified atom stereocenters. The van der Waals surface area contributed by atoms with E-state index in [1.54, 1.807) is 7.11 Å². The van der Waals surface area contributed by atoms with Gasteiger partial charge in [0.1, 0.15) is 17.6 Å². The fraction of sp³-hybridized carbons (Fsp3) is 0.722. The summed E-state index contributed by atoms with van der Waals surface area (Å²) in [5.74, 6) is 2.08. The first kappa shape index (κ1) is 17.3. The van der Waals surface area contributed by atoms with Gasteiger partial charge in [0.15, 0.2) is 0 Å². The molecule has 0 bridgehead atoms. The van der Waals surface area contributed by atoms with Gasteiger partial charge < -0.3 is 24.5 Å². The fourth-order valence-corrected chi connectivity index (χ4v) is 3.86. The quantitative estimate of drug-likeness (QED) is 0.838. The first-order valence-corrected chi connectivity index (χ1v) is 8.97. The maximum atomic E-state index is 12.5. The Labute approximate surface area is 143 Å². The molecule has 4 atom stereocenters. The van der Waals surface area contributed by atoms with Crippen LogP contribution >= 0.6 is 0 Å². The second kappa shape index (κ2) is 8.03. The summed E-state index contributed by atoms with van der Waals surface area (Å²) in [6.07, 6.45) is 5.42. The first-order valence-electron chi connectivity index (χ1n) is 8.97. The number of urea groups is 1. The highest BCUT2D eigenvalue weighted by Gasteiger charge is 2.38. The molecule has 1 aromatic heterocycles. The minimum atomic E-state index is -0.283. The molecule has 2 heterocycles. The number of aryl methyl sites for hydroxylation is 1. The van der Waals surface area contributed by atoms with E-state index in [9.17, 15) is 4.79 Å². The highest BCUT2D eigenvalue weighted by Crippen LogP contribution is 2.34. The van der Waals surface area contributed by atoms with Crippen LogP contribution in [0.5, 0.6) is 0 Å². The molecule has 1 saturated carbocycles. The van der Waals surface area contributed by atoms with Crippen LogP contribution in [0.1, 0.15) is 50.2 Å². The van der Waals surface area contributed by atoms with Crippen molar-refractivity contribution in [1.29, 1.82) is 0 Å². The van der Waals surface area contributed by atoms with Gasteiger partial charge in [0, 0.05) is 32.1 Å². The number of methoxy groups -OCH3 is 1. The average Bonchev–Trinajstić information content (AvgIpc) is 3.24. The second-order valence-corrected chi connectivity index (χ2v) is 6.68. The molecule has 2 fully saturated rings. The van der Waals surface area contributed by atoms with E-state index in [0.29, 0.717) is 18.6 Å². The number of furan rings is 1. The van der Waals surface area contributed by atoms with Crippen molar-refractivity contribution in [3.8, 4) is 0 Å². The summed E-state index contributed by atoms with van der Waals surface area (Å²) in [5.41, 5.74) is 0. The third-order valence-corrected chi connectivity index (χ3v) is 5.11. The van der Waals surface area contributed by atoms with Crippen molar-refractivity contribution in [3.63, 3.8) is 0 Å². The molecule has 6 heteroatoms. The largest absolute Gasteiger partial charge is 0.464 e. The van der Waals surface area contributed by atoms with Gasteiger partial charge in [-0.15, -0.1) is 0 Å². The Hall–Kier alpha value is -1.53. The van der Waals surface area contributed by atoms with Gasteiger partial charge in [0.2, 0.25) is 0 Å². The van der Waals surface area contributed by atoms with Crippen LogP contribution in [-0.4, -0.2) is 38.5 Å².